The van der Waals surface area contributed by atoms with Gasteiger partial charge in [-0.3, -0.25) is 0 Å². The number of nitrogen functional groups attached to an aromatic ring is 1. The van der Waals surface area contributed by atoms with Gasteiger partial charge in [-0.15, -0.1) is 0 Å². The fraction of sp³-hybridized carbons (Fsp3) is 0.267. The Morgan fingerprint density at radius 1 is 1.00 bits per heavy atom. The highest BCUT2D eigenvalue weighted by Gasteiger charge is 1.99. The van der Waals surface area contributed by atoms with Crippen molar-refractivity contribution in [1.82, 2.24) is 4.98 Å². The van der Waals surface area contributed by atoms with Crippen molar-refractivity contribution in [3.05, 3.63) is 54.2 Å². The number of rotatable bonds is 6. The summed E-state index contributed by atoms with van der Waals surface area (Å²) in [6.45, 7) is 0.740. The molecular formula is C15H18N2O. The van der Waals surface area contributed by atoms with Crippen LogP contribution in [0.3, 0.4) is 0 Å². The standard InChI is InChI=1S/C15H18N2O/c16-15-13(8-6-11-17-15)7-4-5-12-18-14-9-2-1-3-10-14/h1-3,6,8-11H,4-5,7,12H2,(H2,16,17). The van der Waals surface area contributed by atoms with Crippen molar-refractivity contribution in [3.8, 4) is 5.75 Å². The highest BCUT2D eigenvalue weighted by molar-refractivity contribution is 5.38. The van der Waals surface area contributed by atoms with Crippen LogP contribution in [-0.4, -0.2) is 11.6 Å². The third kappa shape index (κ3) is 3.77. The fourth-order valence-electron chi connectivity index (χ4n) is 1.79. The molecule has 1 aromatic heterocycles. The number of aromatic nitrogens is 1. The van der Waals surface area contributed by atoms with E-state index >= 15 is 0 Å². The third-order valence-corrected chi connectivity index (χ3v) is 2.78. The Kier molecular flexibility index (Phi) is 4.59. The molecule has 3 nitrogen and oxygen atoms in total. The van der Waals surface area contributed by atoms with Gasteiger partial charge in [-0.05, 0) is 43.0 Å². The lowest BCUT2D eigenvalue weighted by Crippen LogP contribution is -2.00. The average Bonchev–Trinajstić information content (AvgIpc) is 2.42. The number of hydrogen-bond donors (Lipinski definition) is 1. The zero-order valence-electron chi connectivity index (χ0n) is 10.4. The molecule has 0 radical (unpaired) electrons. The second kappa shape index (κ2) is 6.64. The first kappa shape index (κ1) is 12.4. The molecule has 2 N–H and O–H groups in total. The maximum absolute atomic E-state index is 5.78. The van der Waals surface area contributed by atoms with Gasteiger partial charge in [0, 0.05) is 6.20 Å². The van der Waals surface area contributed by atoms with E-state index in [0.717, 1.165) is 37.2 Å². The lowest BCUT2D eigenvalue weighted by atomic mass is 10.1. The Morgan fingerprint density at radius 3 is 2.61 bits per heavy atom. The highest BCUT2D eigenvalue weighted by Crippen LogP contribution is 2.12. The Bertz CT molecular complexity index is 471. The summed E-state index contributed by atoms with van der Waals surface area (Å²) in [5.74, 6) is 1.57. The van der Waals surface area contributed by atoms with Crippen LogP contribution in [0.25, 0.3) is 0 Å². The molecule has 0 aliphatic heterocycles. The molecule has 3 heteroatoms. The molecule has 1 heterocycles. The molecule has 0 fully saturated rings. The maximum atomic E-state index is 5.78. The maximum Gasteiger partial charge on any atom is 0.126 e. The molecule has 0 aliphatic carbocycles. The molecule has 0 saturated heterocycles. The minimum atomic E-state index is 0.640. The van der Waals surface area contributed by atoms with E-state index in [1.54, 1.807) is 6.20 Å². The number of benzene rings is 1. The van der Waals surface area contributed by atoms with E-state index in [9.17, 15) is 0 Å². The van der Waals surface area contributed by atoms with Crippen molar-refractivity contribution in [2.45, 2.75) is 19.3 Å². The highest BCUT2D eigenvalue weighted by atomic mass is 16.5. The molecule has 0 atom stereocenters. The van der Waals surface area contributed by atoms with E-state index in [4.69, 9.17) is 10.5 Å². The predicted molar refractivity (Wildman–Crippen MR) is 73.5 cm³/mol. The monoisotopic (exact) mass is 242 g/mol. The van der Waals surface area contributed by atoms with Gasteiger partial charge in [0.2, 0.25) is 0 Å². The number of hydrogen-bond acceptors (Lipinski definition) is 3. The number of anilines is 1. The van der Waals surface area contributed by atoms with Crippen molar-refractivity contribution in [2.24, 2.45) is 0 Å². The summed E-state index contributed by atoms with van der Waals surface area (Å²) >= 11 is 0. The van der Waals surface area contributed by atoms with E-state index in [0.29, 0.717) is 5.82 Å². The number of para-hydroxylation sites is 1. The van der Waals surface area contributed by atoms with Gasteiger partial charge in [-0.25, -0.2) is 4.98 Å². The Morgan fingerprint density at radius 2 is 1.83 bits per heavy atom. The molecule has 0 bridgehead atoms. The summed E-state index contributed by atoms with van der Waals surface area (Å²) in [6, 6.07) is 13.8. The van der Waals surface area contributed by atoms with Gasteiger partial charge >= 0.3 is 0 Å². The van der Waals surface area contributed by atoms with Gasteiger partial charge in [-0.1, -0.05) is 24.3 Å². The van der Waals surface area contributed by atoms with Crippen LogP contribution in [-0.2, 0) is 6.42 Å². The Labute approximate surface area is 108 Å². The SMILES string of the molecule is Nc1ncccc1CCCCOc1ccccc1. The van der Waals surface area contributed by atoms with Gasteiger partial charge in [0.05, 0.1) is 6.61 Å². The largest absolute Gasteiger partial charge is 0.494 e. The summed E-state index contributed by atoms with van der Waals surface area (Å²) in [5.41, 5.74) is 6.91. The van der Waals surface area contributed by atoms with Gasteiger partial charge < -0.3 is 10.5 Å². The molecule has 0 amide bonds. The van der Waals surface area contributed by atoms with Crippen LogP contribution < -0.4 is 10.5 Å². The first-order valence-corrected chi connectivity index (χ1v) is 6.23. The van der Waals surface area contributed by atoms with E-state index in [1.165, 1.54) is 0 Å². The van der Waals surface area contributed by atoms with Crippen LogP contribution >= 0.6 is 0 Å². The smallest absolute Gasteiger partial charge is 0.126 e. The first-order valence-electron chi connectivity index (χ1n) is 6.23. The molecule has 1 aromatic carbocycles. The minimum absolute atomic E-state index is 0.640. The van der Waals surface area contributed by atoms with E-state index in [-0.39, 0.29) is 0 Å². The van der Waals surface area contributed by atoms with E-state index < -0.39 is 0 Å². The molecular weight excluding hydrogens is 224 g/mol. The summed E-state index contributed by atoms with van der Waals surface area (Å²) in [5, 5.41) is 0. The van der Waals surface area contributed by atoms with Gasteiger partial charge in [0.15, 0.2) is 0 Å². The third-order valence-electron chi connectivity index (χ3n) is 2.78. The summed E-state index contributed by atoms with van der Waals surface area (Å²) in [4.78, 5) is 4.07. The second-order valence-corrected chi connectivity index (χ2v) is 4.17. The Hall–Kier alpha value is -2.03. The van der Waals surface area contributed by atoms with Crippen molar-refractivity contribution < 1.29 is 4.74 Å². The van der Waals surface area contributed by atoms with Crippen LogP contribution in [0.5, 0.6) is 5.75 Å². The Balaban J connectivity index is 1.66. The lowest BCUT2D eigenvalue weighted by Gasteiger charge is -2.06. The van der Waals surface area contributed by atoms with Crippen LogP contribution in [0, 0.1) is 0 Å². The van der Waals surface area contributed by atoms with Gasteiger partial charge in [-0.2, -0.15) is 0 Å². The minimum Gasteiger partial charge on any atom is -0.494 e. The molecule has 0 aliphatic rings. The molecule has 0 unspecified atom stereocenters. The number of nitrogens with zero attached hydrogens (tertiary/aromatic N) is 1. The van der Waals surface area contributed by atoms with Crippen molar-refractivity contribution in [1.29, 1.82) is 0 Å². The van der Waals surface area contributed by atoms with E-state index in [1.807, 2.05) is 42.5 Å². The van der Waals surface area contributed by atoms with Gasteiger partial charge in [0.1, 0.15) is 11.6 Å². The molecule has 0 saturated carbocycles. The van der Waals surface area contributed by atoms with Crippen LogP contribution in [0.4, 0.5) is 5.82 Å². The van der Waals surface area contributed by atoms with Crippen LogP contribution in [0.15, 0.2) is 48.7 Å². The number of unbranched alkanes of at least 4 members (excludes halogenated alkanes) is 1. The number of ether oxygens (including phenoxy) is 1. The fourth-order valence-corrected chi connectivity index (χ4v) is 1.79. The lowest BCUT2D eigenvalue weighted by molar-refractivity contribution is 0.307. The number of aryl methyl sites for hydroxylation is 1. The predicted octanol–water partition coefficient (Wildman–Crippen LogP) is 3.07. The summed E-state index contributed by atoms with van der Waals surface area (Å²) < 4.78 is 5.63. The summed E-state index contributed by atoms with van der Waals surface area (Å²) in [7, 11) is 0. The number of nitrogens with two attached hydrogens (primary N) is 1. The molecule has 0 spiro atoms. The van der Waals surface area contributed by atoms with Crippen molar-refractivity contribution in [2.75, 3.05) is 12.3 Å². The molecule has 94 valence electrons. The molecule has 18 heavy (non-hydrogen) atoms. The van der Waals surface area contributed by atoms with Gasteiger partial charge in [0.25, 0.3) is 0 Å². The average molecular weight is 242 g/mol. The second-order valence-electron chi connectivity index (χ2n) is 4.17. The quantitative estimate of drug-likeness (QED) is 0.792. The number of pyridine rings is 1. The van der Waals surface area contributed by atoms with Crippen molar-refractivity contribution in [3.63, 3.8) is 0 Å². The molecule has 2 aromatic rings. The van der Waals surface area contributed by atoms with Crippen molar-refractivity contribution >= 4 is 5.82 Å². The normalized spacial score (nSPS) is 10.2. The van der Waals surface area contributed by atoms with E-state index in [2.05, 4.69) is 4.98 Å². The first-order chi connectivity index (χ1) is 8.86. The zero-order chi connectivity index (χ0) is 12.6. The zero-order valence-corrected chi connectivity index (χ0v) is 10.4. The summed E-state index contributed by atoms with van der Waals surface area (Å²) in [6.07, 6.45) is 4.75. The van der Waals surface area contributed by atoms with Crippen LogP contribution in [0.1, 0.15) is 18.4 Å². The topological polar surface area (TPSA) is 48.1 Å². The molecule has 2 rings (SSSR count). The van der Waals surface area contributed by atoms with Crippen LogP contribution in [0.2, 0.25) is 0 Å².